The Hall–Kier alpha value is -1.65. The first kappa shape index (κ1) is 47.4. The highest BCUT2D eigenvalue weighted by Crippen LogP contribution is 2.14. The molecule has 286 valence electrons. The fourth-order valence-electron chi connectivity index (χ4n) is 6.03. The maximum absolute atomic E-state index is 12.2. The van der Waals surface area contributed by atoms with Crippen molar-refractivity contribution in [3.63, 3.8) is 0 Å². The van der Waals surface area contributed by atoms with Gasteiger partial charge in [0.05, 0.1) is 13.2 Å². The molecule has 0 aromatic heterocycles. The zero-order valence-electron chi connectivity index (χ0n) is 32.7. The zero-order valence-corrected chi connectivity index (χ0v) is 32.7. The van der Waals surface area contributed by atoms with Crippen LogP contribution < -0.4 is 0 Å². The molecule has 0 rings (SSSR count). The molecule has 0 aromatic rings. The number of hydrogen-bond donors (Lipinski definition) is 1. The quantitative estimate of drug-likeness (QED) is 0.0397. The van der Waals surface area contributed by atoms with E-state index in [2.05, 4.69) is 62.5 Å². The lowest BCUT2D eigenvalue weighted by atomic mass is 10.0. The van der Waals surface area contributed by atoms with Crippen LogP contribution in [0, 0.1) is 0 Å². The predicted molar refractivity (Wildman–Crippen MR) is 214 cm³/mol. The molecule has 0 spiro atoms. The summed E-state index contributed by atoms with van der Waals surface area (Å²) < 4.78 is 11.2. The summed E-state index contributed by atoms with van der Waals surface area (Å²) in [5, 5.41) is 9.59. The van der Waals surface area contributed by atoms with Crippen molar-refractivity contribution in [2.24, 2.45) is 0 Å². The molecule has 1 N–H and O–H groups in total. The first-order chi connectivity index (χ1) is 24.2. The molecule has 0 amide bonds. The molecule has 0 radical (unpaired) electrons. The van der Waals surface area contributed by atoms with Gasteiger partial charge in [0.2, 0.25) is 0 Å². The molecule has 4 heteroatoms. The number of allylic oxidation sites excluding steroid dienone is 8. The highest BCUT2D eigenvalue weighted by atomic mass is 16.6. The summed E-state index contributed by atoms with van der Waals surface area (Å²) in [6.45, 7) is 5.24. The SMILES string of the molecule is CC/C=C\C/C=C\C/C=C\C/C=C\CCCCCCCCCCCCCOCC(CO)OC(=O)CCCCCCCCCCCCCCC. The number of unbranched alkanes of at least 4 members (excludes halogenated alkanes) is 23. The van der Waals surface area contributed by atoms with Crippen LogP contribution in [0.4, 0.5) is 0 Å². The number of aliphatic hydroxyl groups excluding tert-OH is 1. The van der Waals surface area contributed by atoms with E-state index in [0.717, 1.165) is 44.9 Å². The molecule has 0 bridgehead atoms. The van der Waals surface area contributed by atoms with Crippen molar-refractivity contribution in [3.05, 3.63) is 48.6 Å². The lowest BCUT2D eigenvalue weighted by molar-refractivity contribution is -0.154. The standard InChI is InChI=1S/C45H82O4/c1-3-5-7-9-11-13-15-17-18-19-20-21-22-23-24-25-26-27-29-31-33-35-37-39-41-48-43-44(42-46)49-45(47)40-38-36-34-32-30-28-16-14-12-10-8-6-4-2/h5,7,11,13,17-18,20-21,44,46H,3-4,6,8-10,12,14-16,19,22-43H2,1-2H3/b7-5-,13-11-,18-17-,21-20-. The highest BCUT2D eigenvalue weighted by Gasteiger charge is 2.13. The monoisotopic (exact) mass is 687 g/mol. The number of carbonyl (C=O) groups excluding carboxylic acids is 1. The Morgan fingerprint density at radius 2 is 0.918 bits per heavy atom. The van der Waals surface area contributed by atoms with Crippen LogP contribution >= 0.6 is 0 Å². The van der Waals surface area contributed by atoms with E-state index in [4.69, 9.17) is 9.47 Å². The van der Waals surface area contributed by atoms with Gasteiger partial charge in [0.25, 0.3) is 0 Å². The minimum absolute atomic E-state index is 0.171. The summed E-state index contributed by atoms with van der Waals surface area (Å²) in [6.07, 6.45) is 54.6. The normalized spacial score (nSPS) is 12.8. The second-order valence-corrected chi connectivity index (χ2v) is 14.0. The second-order valence-electron chi connectivity index (χ2n) is 14.0. The summed E-state index contributed by atoms with van der Waals surface area (Å²) >= 11 is 0. The molecule has 0 saturated carbocycles. The third-order valence-corrected chi connectivity index (χ3v) is 9.17. The lowest BCUT2D eigenvalue weighted by Crippen LogP contribution is -2.27. The summed E-state index contributed by atoms with van der Waals surface area (Å²) in [5.74, 6) is -0.201. The van der Waals surface area contributed by atoms with E-state index in [9.17, 15) is 9.90 Å². The van der Waals surface area contributed by atoms with Gasteiger partial charge < -0.3 is 14.6 Å². The number of rotatable bonds is 39. The van der Waals surface area contributed by atoms with Gasteiger partial charge in [0.15, 0.2) is 0 Å². The largest absolute Gasteiger partial charge is 0.457 e. The fraction of sp³-hybridized carbons (Fsp3) is 0.800. The number of hydrogen-bond acceptors (Lipinski definition) is 4. The number of carbonyl (C=O) groups is 1. The van der Waals surface area contributed by atoms with Crippen molar-refractivity contribution in [2.45, 2.75) is 213 Å². The molecule has 0 aliphatic carbocycles. The summed E-state index contributed by atoms with van der Waals surface area (Å²) in [6, 6.07) is 0. The van der Waals surface area contributed by atoms with E-state index < -0.39 is 6.10 Å². The third-order valence-electron chi connectivity index (χ3n) is 9.17. The van der Waals surface area contributed by atoms with Gasteiger partial charge in [-0.1, -0.05) is 197 Å². The van der Waals surface area contributed by atoms with Crippen LogP contribution in [-0.2, 0) is 14.3 Å². The maximum Gasteiger partial charge on any atom is 0.306 e. The molecular formula is C45H82O4. The summed E-state index contributed by atoms with van der Waals surface area (Å²) in [5.41, 5.74) is 0. The molecule has 49 heavy (non-hydrogen) atoms. The van der Waals surface area contributed by atoms with E-state index in [0.29, 0.717) is 19.6 Å². The van der Waals surface area contributed by atoms with Crippen LogP contribution in [0.15, 0.2) is 48.6 Å². The first-order valence-electron chi connectivity index (χ1n) is 21.2. The van der Waals surface area contributed by atoms with Gasteiger partial charge >= 0.3 is 5.97 Å². The van der Waals surface area contributed by atoms with Crippen LogP contribution in [0.3, 0.4) is 0 Å². The van der Waals surface area contributed by atoms with Gasteiger partial charge in [-0.15, -0.1) is 0 Å². The first-order valence-corrected chi connectivity index (χ1v) is 21.2. The van der Waals surface area contributed by atoms with Gasteiger partial charge in [-0.3, -0.25) is 4.79 Å². The van der Waals surface area contributed by atoms with E-state index in [1.165, 1.54) is 141 Å². The highest BCUT2D eigenvalue weighted by molar-refractivity contribution is 5.69. The molecule has 0 aromatic carbocycles. The Balaban J connectivity index is 3.41. The maximum atomic E-state index is 12.2. The second kappa shape index (κ2) is 42.5. The third kappa shape index (κ3) is 40.7. The van der Waals surface area contributed by atoms with E-state index >= 15 is 0 Å². The van der Waals surface area contributed by atoms with Gasteiger partial charge in [-0.2, -0.15) is 0 Å². The number of ether oxygens (including phenoxy) is 2. The average Bonchev–Trinajstić information content (AvgIpc) is 3.11. The molecule has 4 nitrogen and oxygen atoms in total. The lowest BCUT2D eigenvalue weighted by Gasteiger charge is -2.16. The van der Waals surface area contributed by atoms with Crippen LogP contribution in [0.25, 0.3) is 0 Å². The molecule has 1 atom stereocenters. The van der Waals surface area contributed by atoms with Gasteiger partial charge in [0, 0.05) is 13.0 Å². The van der Waals surface area contributed by atoms with Gasteiger partial charge in [-0.05, 0) is 51.4 Å². The molecule has 0 fully saturated rings. The van der Waals surface area contributed by atoms with Crippen LogP contribution in [0.2, 0.25) is 0 Å². The molecule has 0 heterocycles. The van der Waals surface area contributed by atoms with E-state index in [-0.39, 0.29) is 12.6 Å². The molecule has 0 aliphatic heterocycles. The Morgan fingerprint density at radius 1 is 0.510 bits per heavy atom. The Bertz CT molecular complexity index is 768. The summed E-state index contributed by atoms with van der Waals surface area (Å²) in [7, 11) is 0. The predicted octanol–water partition coefficient (Wildman–Crippen LogP) is 13.9. The van der Waals surface area contributed by atoms with Crippen molar-refractivity contribution in [1.29, 1.82) is 0 Å². The van der Waals surface area contributed by atoms with Crippen LogP contribution in [0.1, 0.15) is 206 Å². The summed E-state index contributed by atoms with van der Waals surface area (Å²) in [4.78, 5) is 12.2. The average molecular weight is 687 g/mol. The molecular weight excluding hydrogens is 604 g/mol. The van der Waals surface area contributed by atoms with Crippen molar-refractivity contribution >= 4 is 5.97 Å². The number of esters is 1. The van der Waals surface area contributed by atoms with E-state index in [1.54, 1.807) is 0 Å². The smallest absolute Gasteiger partial charge is 0.306 e. The Kier molecular flexibility index (Phi) is 41.1. The van der Waals surface area contributed by atoms with E-state index in [1.807, 2.05) is 0 Å². The van der Waals surface area contributed by atoms with Crippen molar-refractivity contribution in [2.75, 3.05) is 19.8 Å². The van der Waals surface area contributed by atoms with Crippen molar-refractivity contribution in [1.82, 2.24) is 0 Å². The van der Waals surface area contributed by atoms with Crippen molar-refractivity contribution in [3.8, 4) is 0 Å². The fourth-order valence-corrected chi connectivity index (χ4v) is 6.03. The Labute approximate surface area is 305 Å². The topological polar surface area (TPSA) is 55.8 Å². The van der Waals surface area contributed by atoms with Crippen LogP contribution in [0.5, 0.6) is 0 Å². The molecule has 0 aliphatic rings. The number of aliphatic hydroxyl groups is 1. The Morgan fingerprint density at radius 3 is 1.39 bits per heavy atom. The van der Waals surface area contributed by atoms with Crippen LogP contribution in [-0.4, -0.2) is 37.0 Å². The minimum atomic E-state index is -0.533. The molecule has 0 saturated heterocycles. The zero-order chi connectivity index (χ0) is 35.6. The van der Waals surface area contributed by atoms with Crippen molar-refractivity contribution < 1.29 is 19.4 Å². The van der Waals surface area contributed by atoms with Gasteiger partial charge in [0.1, 0.15) is 6.10 Å². The van der Waals surface area contributed by atoms with Gasteiger partial charge in [-0.25, -0.2) is 0 Å². The molecule has 1 unspecified atom stereocenters. The minimum Gasteiger partial charge on any atom is -0.457 e.